The Labute approximate surface area is 149 Å². The summed E-state index contributed by atoms with van der Waals surface area (Å²) in [6, 6.07) is 7.51. The Morgan fingerprint density at radius 2 is 1.96 bits per heavy atom. The Morgan fingerprint density at radius 1 is 1.28 bits per heavy atom. The molecule has 0 bridgehead atoms. The van der Waals surface area contributed by atoms with Crippen LogP contribution in [-0.2, 0) is 16.4 Å². The molecule has 0 aromatic heterocycles. The second-order valence-corrected chi connectivity index (χ2v) is 8.29. The summed E-state index contributed by atoms with van der Waals surface area (Å²) < 4.78 is 30.4. The van der Waals surface area contributed by atoms with E-state index in [1.807, 2.05) is 24.3 Å². The average molecular weight is 369 g/mol. The molecule has 2 amide bonds. The van der Waals surface area contributed by atoms with E-state index in [2.05, 4.69) is 10.6 Å². The van der Waals surface area contributed by atoms with Crippen LogP contribution in [0.5, 0.6) is 5.75 Å². The lowest BCUT2D eigenvalue weighted by Crippen LogP contribution is -2.49. The highest BCUT2D eigenvalue weighted by atomic mass is 32.2. The molecule has 8 heteroatoms. The van der Waals surface area contributed by atoms with Gasteiger partial charge in [0.2, 0.25) is 10.0 Å². The molecule has 0 aliphatic carbocycles. The number of carbonyl (C=O) groups is 1. The molecular weight excluding hydrogens is 342 g/mol. The summed E-state index contributed by atoms with van der Waals surface area (Å²) in [5.41, 5.74) is 1.04. The van der Waals surface area contributed by atoms with Crippen LogP contribution < -0.4 is 15.4 Å². The molecule has 0 atom stereocenters. The molecule has 1 fully saturated rings. The molecule has 1 aromatic rings. The highest BCUT2D eigenvalue weighted by Crippen LogP contribution is 2.17. The molecule has 0 saturated carbocycles. The highest BCUT2D eigenvalue weighted by molar-refractivity contribution is 7.89. The normalized spacial score (nSPS) is 16.4. The van der Waals surface area contributed by atoms with Gasteiger partial charge in [-0.1, -0.05) is 18.2 Å². The summed E-state index contributed by atoms with van der Waals surface area (Å²) in [6.07, 6.45) is 1.96. The van der Waals surface area contributed by atoms with Crippen molar-refractivity contribution in [3.8, 4) is 5.75 Å². The van der Waals surface area contributed by atoms with E-state index >= 15 is 0 Å². The molecule has 0 radical (unpaired) electrons. The Hall–Kier alpha value is -1.80. The number of para-hydroxylation sites is 1. The number of hydrogen-bond acceptors (Lipinski definition) is 4. The summed E-state index contributed by atoms with van der Waals surface area (Å²) in [7, 11) is -1.50. The SMILES string of the molecule is CCS(=O)(=O)N1CCC(NC(=O)NCCc2ccccc2OC)CC1. The third kappa shape index (κ3) is 5.61. The number of piperidine rings is 1. The topological polar surface area (TPSA) is 87.7 Å². The number of nitrogens with zero attached hydrogens (tertiary/aromatic N) is 1. The van der Waals surface area contributed by atoms with E-state index in [4.69, 9.17) is 4.74 Å². The minimum Gasteiger partial charge on any atom is -0.496 e. The Balaban J connectivity index is 1.71. The van der Waals surface area contributed by atoms with E-state index in [0.717, 1.165) is 11.3 Å². The lowest BCUT2D eigenvalue weighted by molar-refractivity contribution is 0.228. The van der Waals surface area contributed by atoms with Crippen LogP contribution in [0.4, 0.5) is 4.79 Å². The van der Waals surface area contributed by atoms with E-state index in [1.54, 1.807) is 14.0 Å². The van der Waals surface area contributed by atoms with Gasteiger partial charge in [-0.05, 0) is 37.8 Å². The minimum atomic E-state index is -3.13. The third-order valence-corrected chi connectivity index (χ3v) is 6.30. The Morgan fingerprint density at radius 3 is 2.60 bits per heavy atom. The first-order valence-electron chi connectivity index (χ1n) is 8.60. The van der Waals surface area contributed by atoms with Gasteiger partial charge >= 0.3 is 6.03 Å². The number of nitrogens with one attached hydrogen (secondary N) is 2. The minimum absolute atomic E-state index is 0.00886. The molecule has 7 nitrogen and oxygen atoms in total. The van der Waals surface area contributed by atoms with E-state index in [1.165, 1.54) is 4.31 Å². The van der Waals surface area contributed by atoms with Gasteiger partial charge in [0.25, 0.3) is 0 Å². The maximum atomic E-state index is 12.0. The molecule has 1 aliphatic rings. The van der Waals surface area contributed by atoms with Crippen LogP contribution in [-0.4, -0.2) is 57.3 Å². The molecule has 1 aromatic carbocycles. The number of rotatable bonds is 7. The van der Waals surface area contributed by atoms with Crippen molar-refractivity contribution in [3.63, 3.8) is 0 Å². The molecule has 140 valence electrons. The molecule has 1 saturated heterocycles. The van der Waals surface area contributed by atoms with Crippen molar-refractivity contribution in [2.24, 2.45) is 0 Å². The number of sulfonamides is 1. The molecule has 1 heterocycles. The number of carbonyl (C=O) groups excluding carboxylic acids is 1. The van der Waals surface area contributed by atoms with Crippen LogP contribution in [0.15, 0.2) is 24.3 Å². The first-order chi connectivity index (χ1) is 12.0. The summed E-state index contributed by atoms with van der Waals surface area (Å²) in [5, 5.41) is 5.77. The molecule has 0 spiro atoms. The van der Waals surface area contributed by atoms with Crippen molar-refractivity contribution in [2.45, 2.75) is 32.2 Å². The number of ether oxygens (including phenoxy) is 1. The van der Waals surface area contributed by atoms with Gasteiger partial charge in [-0.2, -0.15) is 0 Å². The van der Waals surface area contributed by atoms with Crippen molar-refractivity contribution < 1.29 is 17.9 Å². The second-order valence-electron chi connectivity index (χ2n) is 6.04. The monoisotopic (exact) mass is 369 g/mol. The molecule has 2 rings (SSSR count). The molecular formula is C17H27N3O4S. The van der Waals surface area contributed by atoms with Gasteiger partial charge in [0.15, 0.2) is 0 Å². The van der Waals surface area contributed by atoms with Crippen LogP contribution in [0.25, 0.3) is 0 Å². The molecule has 25 heavy (non-hydrogen) atoms. The molecule has 0 unspecified atom stereocenters. The van der Waals surface area contributed by atoms with Crippen LogP contribution in [0.3, 0.4) is 0 Å². The first-order valence-corrected chi connectivity index (χ1v) is 10.2. The van der Waals surface area contributed by atoms with E-state index < -0.39 is 10.0 Å². The first kappa shape index (κ1) is 19.5. The fraction of sp³-hybridized carbons (Fsp3) is 0.588. The van der Waals surface area contributed by atoms with Gasteiger partial charge < -0.3 is 15.4 Å². The van der Waals surface area contributed by atoms with Gasteiger partial charge in [0, 0.05) is 25.7 Å². The van der Waals surface area contributed by atoms with E-state index in [-0.39, 0.29) is 17.8 Å². The number of amides is 2. The van der Waals surface area contributed by atoms with Crippen molar-refractivity contribution in [1.29, 1.82) is 0 Å². The second kappa shape index (κ2) is 9.05. The zero-order valence-corrected chi connectivity index (χ0v) is 15.6. The van der Waals surface area contributed by atoms with Crippen molar-refractivity contribution in [3.05, 3.63) is 29.8 Å². The van der Waals surface area contributed by atoms with Gasteiger partial charge in [0.1, 0.15) is 5.75 Å². The predicted octanol–water partition coefficient (Wildman–Crippen LogP) is 1.35. The highest BCUT2D eigenvalue weighted by Gasteiger charge is 2.27. The summed E-state index contributed by atoms with van der Waals surface area (Å²) >= 11 is 0. The van der Waals surface area contributed by atoms with Crippen LogP contribution in [0.2, 0.25) is 0 Å². The van der Waals surface area contributed by atoms with Crippen LogP contribution >= 0.6 is 0 Å². The van der Waals surface area contributed by atoms with Crippen LogP contribution in [0.1, 0.15) is 25.3 Å². The Kier molecular flexibility index (Phi) is 7.07. The fourth-order valence-corrected chi connectivity index (χ4v) is 4.05. The number of hydrogen-bond donors (Lipinski definition) is 2. The van der Waals surface area contributed by atoms with Crippen LogP contribution in [0, 0.1) is 0 Å². The zero-order valence-electron chi connectivity index (χ0n) is 14.8. The summed E-state index contributed by atoms with van der Waals surface area (Å²) in [5.74, 6) is 0.934. The lowest BCUT2D eigenvalue weighted by atomic mass is 10.1. The fourth-order valence-electron chi connectivity index (χ4n) is 2.92. The maximum Gasteiger partial charge on any atom is 0.315 e. The van der Waals surface area contributed by atoms with Crippen molar-refractivity contribution in [1.82, 2.24) is 14.9 Å². The smallest absolute Gasteiger partial charge is 0.315 e. The standard InChI is InChI=1S/C17H27N3O4S/c1-3-25(22,23)20-12-9-15(10-13-20)19-17(21)18-11-8-14-6-4-5-7-16(14)24-2/h4-7,15H,3,8-13H2,1-2H3,(H2,18,19,21). The quantitative estimate of drug-likeness (QED) is 0.759. The summed E-state index contributed by atoms with van der Waals surface area (Å²) in [4.78, 5) is 12.0. The number of methoxy groups -OCH3 is 1. The van der Waals surface area contributed by atoms with E-state index in [9.17, 15) is 13.2 Å². The van der Waals surface area contributed by atoms with Gasteiger partial charge in [-0.25, -0.2) is 17.5 Å². The largest absolute Gasteiger partial charge is 0.496 e. The van der Waals surface area contributed by atoms with Gasteiger partial charge in [0.05, 0.1) is 12.9 Å². The molecule has 1 aliphatic heterocycles. The van der Waals surface area contributed by atoms with E-state index in [0.29, 0.717) is 38.9 Å². The third-order valence-electron chi connectivity index (χ3n) is 4.42. The summed E-state index contributed by atoms with van der Waals surface area (Å²) in [6.45, 7) is 3.08. The van der Waals surface area contributed by atoms with Crippen molar-refractivity contribution >= 4 is 16.1 Å². The van der Waals surface area contributed by atoms with Crippen molar-refractivity contribution in [2.75, 3.05) is 32.5 Å². The average Bonchev–Trinajstić information content (AvgIpc) is 2.62. The maximum absolute atomic E-state index is 12.0. The predicted molar refractivity (Wildman–Crippen MR) is 97.3 cm³/mol. The number of benzene rings is 1. The lowest BCUT2D eigenvalue weighted by Gasteiger charge is -2.31. The molecule has 2 N–H and O–H groups in total. The zero-order chi connectivity index (χ0) is 18.3. The van der Waals surface area contributed by atoms with Gasteiger partial charge in [-0.3, -0.25) is 0 Å². The Bertz CT molecular complexity index is 670. The van der Waals surface area contributed by atoms with Gasteiger partial charge in [-0.15, -0.1) is 0 Å². The number of urea groups is 1.